The molecule has 0 aromatic heterocycles. The Labute approximate surface area is 132 Å². The molecule has 0 amide bonds. The number of carbonyl (C=O) groups is 2. The predicted molar refractivity (Wildman–Crippen MR) is 79.7 cm³/mol. The smallest absolute Gasteiger partial charge is 0.331 e. The molecular weight excluding hydrogens is 298 g/mol. The highest BCUT2D eigenvalue weighted by atomic mass is 16.6. The van der Waals surface area contributed by atoms with Crippen LogP contribution in [-0.2, 0) is 25.6 Å². The normalized spacial score (nSPS) is 30.6. The van der Waals surface area contributed by atoms with Crippen molar-refractivity contribution >= 4 is 17.5 Å². The maximum absolute atomic E-state index is 11.9. The minimum absolute atomic E-state index is 0.360. The average molecular weight is 313 g/mol. The van der Waals surface area contributed by atoms with E-state index in [-0.39, 0.29) is 0 Å². The fourth-order valence-electron chi connectivity index (χ4n) is 3.32. The van der Waals surface area contributed by atoms with E-state index in [2.05, 4.69) is 5.32 Å². The van der Waals surface area contributed by atoms with Gasteiger partial charge in [0.05, 0.1) is 0 Å². The largest absolute Gasteiger partial charge is 0.456 e. The minimum Gasteiger partial charge on any atom is -0.456 e. The number of aliphatic hydroxyl groups is 1. The van der Waals surface area contributed by atoms with Gasteiger partial charge in [0.1, 0.15) is 12.2 Å². The van der Waals surface area contributed by atoms with Crippen LogP contribution in [0.1, 0.15) is 17.5 Å². The third-order valence-electron chi connectivity index (χ3n) is 4.37. The molecule has 23 heavy (non-hydrogen) atoms. The van der Waals surface area contributed by atoms with Crippen LogP contribution in [0, 0.1) is 0 Å². The third-order valence-corrected chi connectivity index (χ3v) is 4.37. The minimum atomic E-state index is -1.10. The van der Waals surface area contributed by atoms with E-state index in [1.165, 1.54) is 0 Å². The second-order valence-corrected chi connectivity index (χ2v) is 5.76. The molecule has 4 rings (SSSR count). The average Bonchev–Trinajstić information content (AvgIpc) is 2.58. The summed E-state index contributed by atoms with van der Waals surface area (Å²) in [7, 11) is 0. The lowest BCUT2D eigenvalue weighted by Gasteiger charge is -2.39. The van der Waals surface area contributed by atoms with Crippen LogP contribution in [0.5, 0.6) is 0 Å². The van der Waals surface area contributed by atoms with E-state index >= 15 is 0 Å². The monoisotopic (exact) mass is 313 g/mol. The van der Waals surface area contributed by atoms with Crippen molar-refractivity contribution in [2.24, 2.45) is 0 Å². The molecule has 1 aliphatic carbocycles. The van der Waals surface area contributed by atoms with Gasteiger partial charge in [0.2, 0.25) is 0 Å². The van der Waals surface area contributed by atoms with Crippen LogP contribution >= 0.6 is 0 Å². The van der Waals surface area contributed by atoms with Crippen molar-refractivity contribution in [3.63, 3.8) is 0 Å². The van der Waals surface area contributed by atoms with Crippen LogP contribution < -0.4 is 5.32 Å². The number of carbonyl (C=O) groups excluding carboxylic acids is 2. The third kappa shape index (κ3) is 2.31. The summed E-state index contributed by atoms with van der Waals surface area (Å²) in [6.07, 6.45) is -0.318. The maximum Gasteiger partial charge on any atom is 0.331 e. The Bertz CT molecular complexity index is 751. The van der Waals surface area contributed by atoms with Gasteiger partial charge in [-0.3, -0.25) is 0 Å². The molecule has 118 valence electrons. The summed E-state index contributed by atoms with van der Waals surface area (Å²) >= 11 is 0. The molecule has 0 radical (unpaired) electrons. The van der Waals surface area contributed by atoms with E-state index in [1.807, 2.05) is 24.3 Å². The molecule has 3 atom stereocenters. The number of benzene rings is 1. The first-order chi connectivity index (χ1) is 11.1. The fraction of sp³-hybridized carbons (Fsp3) is 0.294. The standard InChI is InChI=1S/C17H15NO5/c19-13-5-6-14(20)23-17-15-10-4-2-1-3-9(10)8-18-11(15)7-12(22-13)16(17)21/h1-6,12,16-18,21H,7-8H2/b6-5+. The molecule has 2 aliphatic heterocycles. The number of aliphatic hydroxyl groups excluding tert-OH is 1. The molecule has 6 nitrogen and oxygen atoms in total. The van der Waals surface area contributed by atoms with E-state index in [9.17, 15) is 14.7 Å². The van der Waals surface area contributed by atoms with Gasteiger partial charge in [0.15, 0.2) is 6.10 Å². The zero-order chi connectivity index (χ0) is 16.0. The maximum atomic E-state index is 11.9. The highest BCUT2D eigenvalue weighted by Gasteiger charge is 2.44. The Balaban J connectivity index is 1.84. The molecule has 2 heterocycles. The SMILES string of the molecule is O=C1/C=C/C(=O)OC2C3=C(CC(O1)C2O)NCc1ccccc13. The Morgan fingerprint density at radius 3 is 2.65 bits per heavy atom. The van der Waals surface area contributed by atoms with Crippen LogP contribution in [0.25, 0.3) is 5.57 Å². The number of nitrogens with one attached hydrogen (secondary N) is 1. The molecule has 6 heteroatoms. The molecule has 2 bridgehead atoms. The van der Waals surface area contributed by atoms with Crippen LogP contribution in [0.4, 0.5) is 0 Å². The Hall–Kier alpha value is -2.60. The van der Waals surface area contributed by atoms with Crippen LogP contribution in [0.15, 0.2) is 42.1 Å². The van der Waals surface area contributed by atoms with E-state index in [0.717, 1.165) is 34.5 Å². The van der Waals surface area contributed by atoms with E-state index in [1.54, 1.807) is 0 Å². The lowest BCUT2D eigenvalue weighted by molar-refractivity contribution is -0.158. The van der Waals surface area contributed by atoms with E-state index in [4.69, 9.17) is 9.47 Å². The molecule has 0 saturated heterocycles. The van der Waals surface area contributed by atoms with Gasteiger partial charge in [-0.1, -0.05) is 24.3 Å². The van der Waals surface area contributed by atoms with Crippen molar-refractivity contribution in [2.75, 3.05) is 0 Å². The molecule has 1 aromatic rings. The number of ether oxygens (including phenoxy) is 2. The van der Waals surface area contributed by atoms with E-state index < -0.39 is 30.3 Å². The quantitative estimate of drug-likeness (QED) is 0.685. The number of fused-ring (bicyclic) bond motifs is 5. The van der Waals surface area contributed by atoms with Crippen molar-refractivity contribution in [3.8, 4) is 0 Å². The van der Waals surface area contributed by atoms with Crippen LogP contribution in [0.3, 0.4) is 0 Å². The molecule has 1 aromatic carbocycles. The van der Waals surface area contributed by atoms with Crippen molar-refractivity contribution in [1.29, 1.82) is 0 Å². The summed E-state index contributed by atoms with van der Waals surface area (Å²) in [5, 5.41) is 13.9. The molecular formula is C17H15NO5. The van der Waals surface area contributed by atoms with Crippen molar-refractivity contribution in [3.05, 3.63) is 53.2 Å². The van der Waals surface area contributed by atoms with Gasteiger partial charge in [0.25, 0.3) is 0 Å². The van der Waals surface area contributed by atoms with Gasteiger partial charge in [-0.2, -0.15) is 0 Å². The van der Waals surface area contributed by atoms with Crippen molar-refractivity contribution < 1.29 is 24.2 Å². The van der Waals surface area contributed by atoms with Gasteiger partial charge in [-0.25, -0.2) is 9.59 Å². The molecule has 0 spiro atoms. The van der Waals surface area contributed by atoms with Gasteiger partial charge >= 0.3 is 11.9 Å². The molecule has 3 aliphatic rings. The second-order valence-electron chi connectivity index (χ2n) is 5.76. The Kier molecular flexibility index (Phi) is 3.20. The van der Waals surface area contributed by atoms with Gasteiger partial charge in [-0.15, -0.1) is 0 Å². The summed E-state index contributed by atoms with van der Waals surface area (Å²) in [6.45, 7) is 0.644. The summed E-state index contributed by atoms with van der Waals surface area (Å²) in [4.78, 5) is 23.6. The Morgan fingerprint density at radius 1 is 1.09 bits per heavy atom. The van der Waals surface area contributed by atoms with Gasteiger partial charge < -0.3 is 19.9 Å². The summed E-state index contributed by atoms with van der Waals surface area (Å²) in [5.74, 6) is -1.34. The van der Waals surface area contributed by atoms with Crippen molar-refractivity contribution in [1.82, 2.24) is 5.32 Å². The topological polar surface area (TPSA) is 84.9 Å². The number of rotatable bonds is 0. The Morgan fingerprint density at radius 2 is 1.83 bits per heavy atom. The molecule has 0 saturated carbocycles. The van der Waals surface area contributed by atoms with Gasteiger partial charge in [-0.05, 0) is 11.1 Å². The molecule has 2 N–H and O–H groups in total. The summed E-state index contributed by atoms with van der Waals surface area (Å²) in [6, 6.07) is 7.78. The van der Waals surface area contributed by atoms with Crippen LogP contribution in [0.2, 0.25) is 0 Å². The van der Waals surface area contributed by atoms with Crippen molar-refractivity contribution in [2.45, 2.75) is 31.3 Å². The van der Waals surface area contributed by atoms with Crippen LogP contribution in [-0.4, -0.2) is 35.4 Å². The first kappa shape index (κ1) is 14.0. The predicted octanol–water partition coefficient (Wildman–Crippen LogP) is 0.659. The lowest BCUT2D eigenvalue weighted by atomic mass is 9.81. The summed E-state index contributed by atoms with van der Waals surface area (Å²) < 4.78 is 10.7. The number of hydrogen-bond donors (Lipinski definition) is 2. The fourth-order valence-corrected chi connectivity index (χ4v) is 3.32. The zero-order valence-electron chi connectivity index (χ0n) is 12.2. The molecule has 3 unspecified atom stereocenters. The highest BCUT2D eigenvalue weighted by Crippen LogP contribution is 2.39. The highest BCUT2D eigenvalue weighted by molar-refractivity contribution is 5.93. The first-order valence-electron chi connectivity index (χ1n) is 7.46. The zero-order valence-corrected chi connectivity index (χ0v) is 12.2. The molecule has 0 fully saturated rings. The van der Waals surface area contributed by atoms with Gasteiger partial charge in [0, 0.05) is 36.4 Å². The first-order valence-corrected chi connectivity index (χ1v) is 7.46. The number of hydrogen-bond acceptors (Lipinski definition) is 6. The van der Waals surface area contributed by atoms with E-state index in [0.29, 0.717) is 13.0 Å². The lowest BCUT2D eigenvalue weighted by Crippen LogP contribution is -2.48. The number of esters is 2. The summed E-state index contributed by atoms with van der Waals surface area (Å²) in [5.41, 5.74) is 3.62. The second kappa shape index (κ2) is 5.24.